The molecule has 0 unspecified atom stereocenters. The standard InChI is InChI=1S/C17H22ClF2N5O.HI/c1-4-21-17(24(2)10-12-8-23-25(3)11-12)22-9-13-7-14(18)5-6-15(13)26-16(19)20;/h5-8,11,16H,4,9-10H2,1-3H3,(H,21,22);1H. The van der Waals surface area contributed by atoms with Crippen LogP contribution in [0.1, 0.15) is 18.1 Å². The van der Waals surface area contributed by atoms with E-state index in [4.69, 9.17) is 11.6 Å². The number of nitrogens with zero attached hydrogens (tertiary/aromatic N) is 4. The molecule has 0 saturated carbocycles. The summed E-state index contributed by atoms with van der Waals surface area (Å²) in [6.07, 6.45) is 3.71. The first-order chi connectivity index (χ1) is 12.4. The van der Waals surface area contributed by atoms with Gasteiger partial charge in [0.05, 0.1) is 12.7 Å². The molecule has 0 atom stereocenters. The van der Waals surface area contributed by atoms with Crippen molar-refractivity contribution in [2.75, 3.05) is 13.6 Å². The van der Waals surface area contributed by atoms with Crippen LogP contribution in [0.3, 0.4) is 0 Å². The van der Waals surface area contributed by atoms with Crippen LogP contribution in [0.2, 0.25) is 5.02 Å². The molecular formula is C17H23ClF2IN5O. The highest BCUT2D eigenvalue weighted by atomic mass is 127. The van der Waals surface area contributed by atoms with Crippen LogP contribution in [-0.4, -0.2) is 40.8 Å². The van der Waals surface area contributed by atoms with E-state index in [2.05, 4.69) is 20.1 Å². The van der Waals surface area contributed by atoms with Crippen molar-refractivity contribution in [2.24, 2.45) is 12.0 Å². The van der Waals surface area contributed by atoms with Gasteiger partial charge in [-0.1, -0.05) is 11.6 Å². The predicted molar refractivity (Wildman–Crippen MR) is 113 cm³/mol. The highest BCUT2D eigenvalue weighted by molar-refractivity contribution is 14.0. The summed E-state index contributed by atoms with van der Waals surface area (Å²) in [5.74, 6) is 0.707. The fourth-order valence-electron chi connectivity index (χ4n) is 2.41. The molecule has 0 amide bonds. The summed E-state index contributed by atoms with van der Waals surface area (Å²) in [6.45, 7) is 0.489. The number of nitrogens with one attached hydrogen (secondary N) is 1. The summed E-state index contributed by atoms with van der Waals surface area (Å²) in [4.78, 5) is 6.45. The highest BCUT2D eigenvalue weighted by Gasteiger charge is 2.12. The molecule has 0 saturated heterocycles. The van der Waals surface area contributed by atoms with Crippen LogP contribution in [0.25, 0.3) is 0 Å². The van der Waals surface area contributed by atoms with Gasteiger partial charge < -0.3 is 15.0 Å². The molecule has 1 N–H and O–H groups in total. The Labute approximate surface area is 179 Å². The van der Waals surface area contributed by atoms with Crippen molar-refractivity contribution in [1.29, 1.82) is 0 Å². The molecule has 0 radical (unpaired) electrons. The average molecular weight is 514 g/mol. The first-order valence-electron chi connectivity index (χ1n) is 8.09. The molecule has 6 nitrogen and oxygen atoms in total. The van der Waals surface area contributed by atoms with Gasteiger partial charge in [0.15, 0.2) is 5.96 Å². The number of aryl methyl sites for hydroxylation is 1. The van der Waals surface area contributed by atoms with E-state index in [-0.39, 0.29) is 36.3 Å². The van der Waals surface area contributed by atoms with Crippen molar-refractivity contribution >= 4 is 41.5 Å². The van der Waals surface area contributed by atoms with Gasteiger partial charge in [0.2, 0.25) is 0 Å². The second-order valence-corrected chi connectivity index (χ2v) is 6.12. The number of rotatable bonds is 7. The Morgan fingerprint density at radius 2 is 2.19 bits per heavy atom. The molecule has 0 bridgehead atoms. The number of ether oxygens (including phenoxy) is 1. The van der Waals surface area contributed by atoms with Crippen LogP contribution in [0.4, 0.5) is 8.78 Å². The molecular weight excluding hydrogens is 491 g/mol. The van der Waals surface area contributed by atoms with Gasteiger partial charge in [0.25, 0.3) is 0 Å². The van der Waals surface area contributed by atoms with E-state index in [1.807, 2.05) is 32.1 Å². The van der Waals surface area contributed by atoms with E-state index in [1.165, 1.54) is 12.1 Å². The van der Waals surface area contributed by atoms with Crippen molar-refractivity contribution in [1.82, 2.24) is 20.0 Å². The average Bonchev–Trinajstić information content (AvgIpc) is 2.98. The second-order valence-electron chi connectivity index (χ2n) is 5.68. The number of guanidine groups is 1. The highest BCUT2D eigenvalue weighted by Crippen LogP contribution is 2.25. The zero-order valence-corrected chi connectivity index (χ0v) is 18.4. The number of aromatic nitrogens is 2. The minimum absolute atomic E-state index is 0. The lowest BCUT2D eigenvalue weighted by Gasteiger charge is -2.21. The van der Waals surface area contributed by atoms with Crippen LogP contribution < -0.4 is 10.1 Å². The van der Waals surface area contributed by atoms with Gasteiger partial charge in [0.1, 0.15) is 5.75 Å². The third kappa shape index (κ3) is 7.49. The Morgan fingerprint density at radius 3 is 2.78 bits per heavy atom. The van der Waals surface area contributed by atoms with Crippen molar-refractivity contribution in [3.8, 4) is 5.75 Å². The van der Waals surface area contributed by atoms with Crippen LogP contribution in [0.15, 0.2) is 35.6 Å². The molecule has 2 rings (SSSR count). The largest absolute Gasteiger partial charge is 0.434 e. The molecule has 0 fully saturated rings. The molecule has 27 heavy (non-hydrogen) atoms. The van der Waals surface area contributed by atoms with Crippen LogP contribution >= 0.6 is 35.6 Å². The van der Waals surface area contributed by atoms with Crippen LogP contribution in [0, 0.1) is 0 Å². The summed E-state index contributed by atoms with van der Waals surface area (Å²) in [7, 11) is 3.75. The monoisotopic (exact) mass is 513 g/mol. The van der Waals surface area contributed by atoms with E-state index >= 15 is 0 Å². The lowest BCUT2D eigenvalue weighted by molar-refractivity contribution is -0.0504. The Bertz CT molecular complexity index is 757. The van der Waals surface area contributed by atoms with Gasteiger partial charge in [-0.15, -0.1) is 24.0 Å². The Balaban J connectivity index is 0.00000364. The number of aliphatic imine (C=N–C) groups is 1. The second kappa shape index (κ2) is 11.3. The topological polar surface area (TPSA) is 54.7 Å². The van der Waals surface area contributed by atoms with Crippen molar-refractivity contribution in [2.45, 2.75) is 26.6 Å². The van der Waals surface area contributed by atoms with Gasteiger partial charge in [-0.05, 0) is 25.1 Å². The quantitative estimate of drug-likeness (QED) is 0.347. The van der Waals surface area contributed by atoms with Gasteiger partial charge in [0, 0.05) is 49.5 Å². The molecule has 1 aromatic heterocycles. The third-order valence-electron chi connectivity index (χ3n) is 3.51. The Hall–Kier alpha value is -1.62. The number of hydrogen-bond donors (Lipinski definition) is 1. The van der Waals surface area contributed by atoms with E-state index in [9.17, 15) is 8.78 Å². The Kier molecular flexibility index (Phi) is 9.78. The summed E-state index contributed by atoms with van der Waals surface area (Å²) in [5.41, 5.74) is 1.52. The zero-order valence-electron chi connectivity index (χ0n) is 15.3. The normalized spacial score (nSPS) is 11.3. The summed E-state index contributed by atoms with van der Waals surface area (Å²) in [5, 5.41) is 7.76. The lowest BCUT2D eigenvalue weighted by Crippen LogP contribution is -2.38. The Morgan fingerprint density at radius 1 is 1.44 bits per heavy atom. The van der Waals surface area contributed by atoms with E-state index in [0.29, 0.717) is 29.6 Å². The fourth-order valence-corrected chi connectivity index (χ4v) is 2.61. The van der Waals surface area contributed by atoms with E-state index in [1.54, 1.807) is 16.9 Å². The molecule has 10 heteroatoms. The molecule has 0 aliphatic rings. The summed E-state index contributed by atoms with van der Waals surface area (Å²) >= 11 is 5.98. The van der Waals surface area contributed by atoms with E-state index < -0.39 is 6.61 Å². The summed E-state index contributed by atoms with van der Waals surface area (Å²) < 4.78 is 31.4. The molecule has 2 aromatic rings. The minimum atomic E-state index is -2.90. The maximum absolute atomic E-state index is 12.6. The van der Waals surface area contributed by atoms with Crippen LogP contribution in [-0.2, 0) is 20.1 Å². The molecule has 150 valence electrons. The predicted octanol–water partition coefficient (Wildman–Crippen LogP) is 3.89. The van der Waals surface area contributed by atoms with Crippen molar-refractivity contribution < 1.29 is 13.5 Å². The molecule has 0 aliphatic carbocycles. The number of benzene rings is 1. The van der Waals surface area contributed by atoms with Crippen molar-refractivity contribution in [3.05, 3.63) is 46.7 Å². The van der Waals surface area contributed by atoms with Gasteiger partial charge >= 0.3 is 6.61 Å². The van der Waals surface area contributed by atoms with Gasteiger partial charge in [-0.25, -0.2) is 4.99 Å². The zero-order chi connectivity index (χ0) is 19.1. The van der Waals surface area contributed by atoms with Crippen molar-refractivity contribution in [3.63, 3.8) is 0 Å². The molecule has 0 aliphatic heterocycles. The fraction of sp³-hybridized carbons (Fsp3) is 0.412. The summed E-state index contributed by atoms with van der Waals surface area (Å²) in [6, 6.07) is 4.51. The maximum Gasteiger partial charge on any atom is 0.387 e. The SMILES string of the molecule is CCNC(=NCc1cc(Cl)ccc1OC(F)F)N(C)Cc1cnn(C)c1.I. The van der Waals surface area contributed by atoms with Gasteiger partial charge in [-0.3, -0.25) is 4.68 Å². The van der Waals surface area contributed by atoms with E-state index in [0.717, 1.165) is 5.56 Å². The third-order valence-corrected chi connectivity index (χ3v) is 3.75. The molecule has 1 aromatic carbocycles. The number of hydrogen-bond acceptors (Lipinski definition) is 3. The minimum Gasteiger partial charge on any atom is -0.434 e. The first-order valence-corrected chi connectivity index (χ1v) is 8.47. The number of halogens is 4. The molecule has 0 spiro atoms. The maximum atomic E-state index is 12.6. The first kappa shape index (κ1) is 23.4. The van der Waals surface area contributed by atoms with Gasteiger partial charge in [-0.2, -0.15) is 13.9 Å². The number of alkyl halides is 2. The van der Waals surface area contributed by atoms with Crippen LogP contribution in [0.5, 0.6) is 5.75 Å². The lowest BCUT2D eigenvalue weighted by atomic mass is 10.2. The molecule has 1 heterocycles. The smallest absolute Gasteiger partial charge is 0.387 e.